The first-order chi connectivity index (χ1) is 34.0. The van der Waals surface area contributed by atoms with Gasteiger partial charge in [-0.2, -0.15) is 0 Å². The molecule has 0 rings (SSSR count). The molecule has 0 saturated heterocycles. The van der Waals surface area contributed by atoms with Gasteiger partial charge in [0.05, 0.1) is 0 Å². The second-order valence-corrected chi connectivity index (χ2v) is 17.7. The summed E-state index contributed by atoms with van der Waals surface area (Å²) in [4.78, 5) is 38.0. The van der Waals surface area contributed by atoms with E-state index in [4.69, 9.17) is 14.2 Å². The maximum atomic E-state index is 12.8. The lowest BCUT2D eigenvalue weighted by atomic mass is 10.1. The Kier molecular flexibility index (Phi) is 52.5. The fourth-order valence-electron chi connectivity index (χ4n) is 7.05. The number of hydrogen-bond acceptors (Lipinski definition) is 6. The molecule has 388 valence electrons. The third-order valence-electron chi connectivity index (χ3n) is 11.1. The SMILES string of the molecule is CC/C=C\C/C=C\C/C=C\C/C=C\C/C=C\CCCC(=O)OC(COC(=O)CC/C=C\C/C=C\C/C=C\C/C=C\CC)COC(=O)CCCCCCCCCCC/C=C\C/C=C\CCCCCCC. The van der Waals surface area contributed by atoms with E-state index < -0.39 is 12.1 Å². The Hall–Kier alpha value is -4.45. The third kappa shape index (κ3) is 54.4. The van der Waals surface area contributed by atoms with Gasteiger partial charge in [-0.3, -0.25) is 14.4 Å². The van der Waals surface area contributed by atoms with E-state index >= 15 is 0 Å². The summed E-state index contributed by atoms with van der Waals surface area (Å²) in [5.74, 6) is -1.08. The van der Waals surface area contributed by atoms with Crippen molar-refractivity contribution in [2.45, 2.75) is 232 Å². The summed E-state index contributed by atoms with van der Waals surface area (Å²) in [6, 6.07) is 0. The van der Waals surface area contributed by atoms with Gasteiger partial charge >= 0.3 is 17.9 Å². The van der Waals surface area contributed by atoms with Crippen LogP contribution in [0.15, 0.2) is 134 Å². The molecule has 0 aliphatic carbocycles. The number of ether oxygens (including phenoxy) is 3. The minimum atomic E-state index is -0.843. The van der Waals surface area contributed by atoms with Crippen molar-refractivity contribution < 1.29 is 28.6 Å². The molecule has 0 aromatic rings. The molecule has 1 atom stereocenters. The van der Waals surface area contributed by atoms with E-state index in [0.717, 1.165) is 89.9 Å². The second kappa shape index (κ2) is 56.1. The van der Waals surface area contributed by atoms with E-state index in [2.05, 4.69) is 142 Å². The Balaban J connectivity index is 4.52. The van der Waals surface area contributed by atoms with Gasteiger partial charge in [0, 0.05) is 19.3 Å². The number of rotatable bonds is 48. The predicted molar refractivity (Wildman–Crippen MR) is 297 cm³/mol. The van der Waals surface area contributed by atoms with Crippen molar-refractivity contribution in [2.75, 3.05) is 13.2 Å². The standard InChI is InChI=1S/C63H100O6/c1-4-7-10-13-16-19-22-25-27-29-30-31-32-34-35-38-41-44-47-50-53-56-62(65)68-59-60(58-67-61(64)55-52-49-46-43-40-37-24-21-18-15-12-9-6-3)69-63(66)57-54-51-48-45-42-39-36-33-28-26-23-20-17-14-11-8-5-2/h8-9,11-12,17-18,20-22,25-26,28-30,36-37,39-40,45-46,48-49,60H,4-7,10,13-16,19,23-24,27,31-35,38,41-44,47,50-59H2,1-3H3/b11-8-,12-9-,20-17-,21-18-,25-22-,28-26-,30-29-,39-36-,40-37-,48-45-,49-46-. The summed E-state index contributed by atoms with van der Waals surface area (Å²) in [5, 5.41) is 0. The molecule has 0 radical (unpaired) electrons. The zero-order chi connectivity index (χ0) is 50.0. The first-order valence-electron chi connectivity index (χ1n) is 27.7. The molecule has 0 aliphatic rings. The molecule has 0 fully saturated rings. The lowest BCUT2D eigenvalue weighted by Crippen LogP contribution is -2.30. The average Bonchev–Trinajstić information content (AvgIpc) is 3.35. The minimum absolute atomic E-state index is 0.129. The topological polar surface area (TPSA) is 78.9 Å². The normalized spacial score (nSPS) is 13.1. The van der Waals surface area contributed by atoms with Gasteiger partial charge in [-0.05, 0) is 116 Å². The van der Waals surface area contributed by atoms with Crippen LogP contribution in [0.4, 0.5) is 0 Å². The van der Waals surface area contributed by atoms with Crippen LogP contribution in [-0.2, 0) is 28.6 Å². The number of unbranched alkanes of at least 4 members (excludes halogenated alkanes) is 15. The van der Waals surface area contributed by atoms with Gasteiger partial charge in [0.25, 0.3) is 0 Å². The molecule has 0 bridgehead atoms. The highest BCUT2D eigenvalue weighted by atomic mass is 16.6. The zero-order valence-corrected chi connectivity index (χ0v) is 44.3. The Labute approximate surface area is 424 Å². The molecule has 6 heteroatoms. The van der Waals surface area contributed by atoms with Crippen molar-refractivity contribution in [2.24, 2.45) is 0 Å². The molecule has 69 heavy (non-hydrogen) atoms. The highest BCUT2D eigenvalue weighted by Crippen LogP contribution is 2.13. The first kappa shape index (κ1) is 64.5. The summed E-state index contributed by atoms with van der Waals surface area (Å²) in [6.07, 6.45) is 78.9. The molecule has 1 unspecified atom stereocenters. The van der Waals surface area contributed by atoms with Gasteiger partial charge in [-0.25, -0.2) is 0 Å². The molecule has 0 amide bonds. The van der Waals surface area contributed by atoms with E-state index in [0.29, 0.717) is 19.3 Å². The minimum Gasteiger partial charge on any atom is -0.462 e. The molecule has 6 nitrogen and oxygen atoms in total. The number of hydrogen-bond donors (Lipinski definition) is 0. The summed E-state index contributed by atoms with van der Waals surface area (Å²) >= 11 is 0. The van der Waals surface area contributed by atoms with Crippen molar-refractivity contribution in [3.63, 3.8) is 0 Å². The summed E-state index contributed by atoms with van der Waals surface area (Å²) in [6.45, 7) is 6.27. The molecular formula is C63H100O6. The van der Waals surface area contributed by atoms with Crippen LogP contribution in [0.1, 0.15) is 226 Å². The van der Waals surface area contributed by atoms with Crippen LogP contribution in [0.25, 0.3) is 0 Å². The molecular weight excluding hydrogens is 853 g/mol. The lowest BCUT2D eigenvalue weighted by Gasteiger charge is -2.18. The molecule has 0 saturated carbocycles. The summed E-state index contributed by atoms with van der Waals surface area (Å²) in [7, 11) is 0. The maximum absolute atomic E-state index is 12.8. The van der Waals surface area contributed by atoms with Crippen LogP contribution in [0.5, 0.6) is 0 Å². The van der Waals surface area contributed by atoms with Crippen molar-refractivity contribution in [3.05, 3.63) is 134 Å². The van der Waals surface area contributed by atoms with Gasteiger partial charge < -0.3 is 14.2 Å². The Morgan fingerprint density at radius 1 is 0.304 bits per heavy atom. The molecule has 0 aromatic heterocycles. The van der Waals surface area contributed by atoms with Crippen LogP contribution in [0, 0.1) is 0 Å². The highest BCUT2D eigenvalue weighted by molar-refractivity contribution is 5.71. The van der Waals surface area contributed by atoms with Gasteiger partial charge in [0.1, 0.15) is 13.2 Å². The monoisotopic (exact) mass is 953 g/mol. The van der Waals surface area contributed by atoms with Gasteiger partial charge in [0.2, 0.25) is 0 Å². The summed E-state index contributed by atoms with van der Waals surface area (Å²) < 4.78 is 16.7. The van der Waals surface area contributed by atoms with Crippen LogP contribution in [0.3, 0.4) is 0 Å². The summed E-state index contributed by atoms with van der Waals surface area (Å²) in [5.41, 5.74) is 0. The van der Waals surface area contributed by atoms with Crippen molar-refractivity contribution in [1.82, 2.24) is 0 Å². The highest BCUT2D eigenvalue weighted by Gasteiger charge is 2.19. The van der Waals surface area contributed by atoms with Crippen LogP contribution < -0.4 is 0 Å². The van der Waals surface area contributed by atoms with Crippen LogP contribution in [0.2, 0.25) is 0 Å². The van der Waals surface area contributed by atoms with Crippen LogP contribution >= 0.6 is 0 Å². The quantitative estimate of drug-likeness (QED) is 0.0262. The molecule has 0 N–H and O–H groups in total. The Morgan fingerprint density at radius 3 is 1.01 bits per heavy atom. The number of allylic oxidation sites excluding steroid dienone is 22. The Morgan fingerprint density at radius 2 is 0.609 bits per heavy atom. The van der Waals surface area contributed by atoms with Gasteiger partial charge in [-0.1, -0.05) is 225 Å². The fraction of sp³-hybridized carbons (Fsp3) is 0.603. The van der Waals surface area contributed by atoms with Crippen molar-refractivity contribution >= 4 is 17.9 Å². The van der Waals surface area contributed by atoms with E-state index in [9.17, 15) is 14.4 Å². The maximum Gasteiger partial charge on any atom is 0.306 e. The number of carbonyl (C=O) groups excluding carboxylic acids is 3. The molecule has 0 aliphatic heterocycles. The van der Waals surface area contributed by atoms with E-state index in [1.807, 2.05) is 12.2 Å². The first-order valence-corrected chi connectivity index (χ1v) is 27.7. The smallest absolute Gasteiger partial charge is 0.306 e. The lowest BCUT2D eigenvalue weighted by molar-refractivity contribution is -0.166. The number of carbonyl (C=O) groups is 3. The molecule has 0 spiro atoms. The van der Waals surface area contributed by atoms with Crippen LogP contribution in [-0.4, -0.2) is 37.2 Å². The van der Waals surface area contributed by atoms with E-state index in [1.165, 1.54) is 83.5 Å². The van der Waals surface area contributed by atoms with Gasteiger partial charge in [0.15, 0.2) is 6.10 Å². The molecule has 0 heterocycles. The van der Waals surface area contributed by atoms with Crippen molar-refractivity contribution in [1.29, 1.82) is 0 Å². The van der Waals surface area contributed by atoms with Gasteiger partial charge in [-0.15, -0.1) is 0 Å². The average molecular weight is 953 g/mol. The van der Waals surface area contributed by atoms with E-state index in [-0.39, 0.29) is 38.0 Å². The Bertz CT molecular complexity index is 1510. The third-order valence-corrected chi connectivity index (χ3v) is 11.1. The fourth-order valence-corrected chi connectivity index (χ4v) is 7.05. The zero-order valence-electron chi connectivity index (χ0n) is 44.3. The predicted octanol–water partition coefficient (Wildman–Crippen LogP) is 18.6. The second-order valence-electron chi connectivity index (χ2n) is 17.7. The largest absolute Gasteiger partial charge is 0.462 e. The van der Waals surface area contributed by atoms with E-state index in [1.54, 1.807) is 0 Å². The van der Waals surface area contributed by atoms with Crippen molar-refractivity contribution in [3.8, 4) is 0 Å². The molecule has 0 aromatic carbocycles. The number of esters is 3.